The zero-order chi connectivity index (χ0) is 21.4. The molecule has 0 atom stereocenters. The van der Waals surface area contributed by atoms with Crippen molar-refractivity contribution in [2.24, 2.45) is 0 Å². The van der Waals surface area contributed by atoms with Gasteiger partial charge in [0.05, 0.1) is 23.1 Å². The number of nitrogens with one attached hydrogen (secondary N) is 1. The number of alkyl halides is 3. The van der Waals surface area contributed by atoms with Crippen molar-refractivity contribution < 1.29 is 27.8 Å². The molecule has 1 amide bonds. The molecule has 2 aromatic carbocycles. The highest BCUT2D eigenvalue weighted by molar-refractivity contribution is 5.93. The molecule has 3 rings (SSSR count). The fraction of sp³-hybridized carbons (Fsp3) is 0.333. The maximum atomic E-state index is 12.4. The molecule has 1 aromatic heterocycles. The Morgan fingerprint density at radius 2 is 1.80 bits per heavy atom. The Kier molecular flexibility index (Phi) is 6.46. The summed E-state index contributed by atoms with van der Waals surface area (Å²) < 4.78 is 42.8. The smallest absolute Gasteiger partial charge is 0.406 e. The molecular formula is C21H24F3N3O3. The summed E-state index contributed by atoms with van der Waals surface area (Å²) in [5.74, 6) is -0.596. The summed E-state index contributed by atoms with van der Waals surface area (Å²) in [5.41, 5.74) is 1.52. The molecule has 0 spiro atoms. The van der Waals surface area contributed by atoms with Gasteiger partial charge in [-0.15, -0.1) is 13.2 Å². The van der Waals surface area contributed by atoms with E-state index in [1.165, 1.54) is 38.1 Å². The molecule has 2 N–H and O–H groups in total. The lowest BCUT2D eigenvalue weighted by molar-refractivity contribution is -0.274. The lowest BCUT2D eigenvalue weighted by atomic mass is 10.1. The quantitative estimate of drug-likeness (QED) is 0.608. The van der Waals surface area contributed by atoms with Crippen LogP contribution in [0.4, 0.5) is 19.1 Å². The Morgan fingerprint density at radius 3 is 2.37 bits per heavy atom. The molecular weight excluding hydrogens is 399 g/mol. The van der Waals surface area contributed by atoms with Crippen molar-refractivity contribution in [3.8, 4) is 11.4 Å². The summed E-state index contributed by atoms with van der Waals surface area (Å²) in [6, 6.07) is 10.8. The number of fused-ring (bicyclic) bond motifs is 1. The van der Waals surface area contributed by atoms with Gasteiger partial charge in [0.1, 0.15) is 5.75 Å². The number of amides is 1. The zero-order valence-corrected chi connectivity index (χ0v) is 16.0. The molecule has 0 aliphatic heterocycles. The summed E-state index contributed by atoms with van der Waals surface area (Å²) in [6.07, 6.45) is -4.93. The van der Waals surface area contributed by atoms with E-state index < -0.39 is 17.9 Å². The maximum Gasteiger partial charge on any atom is 0.573 e. The minimum Gasteiger partial charge on any atom is -0.406 e. The summed E-state index contributed by atoms with van der Waals surface area (Å²) in [5, 5.41) is 12.5. The Morgan fingerprint density at radius 1 is 1.17 bits per heavy atom. The van der Waals surface area contributed by atoms with Crippen LogP contribution in [0.25, 0.3) is 16.7 Å². The van der Waals surface area contributed by atoms with Gasteiger partial charge in [0.2, 0.25) is 11.9 Å². The molecule has 1 heterocycles. The molecule has 0 unspecified atom stereocenters. The van der Waals surface area contributed by atoms with E-state index in [1.54, 1.807) is 10.6 Å². The molecule has 0 radical (unpaired) electrons. The van der Waals surface area contributed by atoms with Crippen molar-refractivity contribution in [1.29, 1.82) is 0 Å². The van der Waals surface area contributed by atoms with E-state index >= 15 is 0 Å². The average Bonchev–Trinajstić information content (AvgIpc) is 2.89. The van der Waals surface area contributed by atoms with Gasteiger partial charge >= 0.3 is 6.36 Å². The van der Waals surface area contributed by atoms with E-state index in [1.807, 2.05) is 19.1 Å². The number of imidazole rings is 1. The van der Waals surface area contributed by atoms with Crippen LogP contribution in [0, 0.1) is 6.92 Å². The molecule has 0 saturated carbocycles. The number of halogens is 3. The first-order valence-electron chi connectivity index (χ1n) is 8.79. The lowest BCUT2D eigenvalue weighted by Gasteiger charge is -2.17. The zero-order valence-electron chi connectivity index (χ0n) is 16.0. The van der Waals surface area contributed by atoms with E-state index in [9.17, 15) is 23.1 Å². The third-order valence-corrected chi connectivity index (χ3v) is 3.98. The second kappa shape index (κ2) is 8.35. The highest BCUT2D eigenvalue weighted by atomic mass is 19.4. The van der Waals surface area contributed by atoms with Gasteiger partial charge < -0.3 is 9.84 Å². The SMILES string of the molecule is C.Cc1ccc2nc(NC(=O)CC(C)(C)O)n(-c3ccc(OC(F)(F)F)cc3)c2c1. The first-order chi connectivity index (χ1) is 13.4. The second-order valence-electron chi connectivity index (χ2n) is 7.34. The van der Waals surface area contributed by atoms with Gasteiger partial charge in [-0.2, -0.15) is 0 Å². The van der Waals surface area contributed by atoms with E-state index in [4.69, 9.17) is 0 Å². The highest BCUT2D eigenvalue weighted by Crippen LogP contribution is 2.29. The summed E-state index contributed by atoms with van der Waals surface area (Å²) in [6.45, 7) is 4.92. The molecule has 0 bridgehead atoms. The Hall–Kier alpha value is -3.07. The Bertz CT molecular complexity index is 1040. The van der Waals surface area contributed by atoms with Crippen molar-refractivity contribution in [2.45, 2.75) is 46.6 Å². The normalized spacial score (nSPS) is 11.8. The number of carbonyl (C=O) groups is 1. The largest absolute Gasteiger partial charge is 0.573 e. The predicted molar refractivity (Wildman–Crippen MR) is 109 cm³/mol. The number of aryl methyl sites for hydroxylation is 1. The maximum absolute atomic E-state index is 12.4. The Labute approximate surface area is 172 Å². The van der Waals surface area contributed by atoms with E-state index in [2.05, 4.69) is 15.0 Å². The summed E-state index contributed by atoms with van der Waals surface area (Å²) in [7, 11) is 0. The number of anilines is 1. The van der Waals surface area contributed by atoms with Gasteiger partial charge in [-0.05, 0) is 62.7 Å². The second-order valence-corrected chi connectivity index (χ2v) is 7.34. The number of hydrogen-bond donors (Lipinski definition) is 2. The van der Waals surface area contributed by atoms with E-state index in [0.29, 0.717) is 16.7 Å². The van der Waals surface area contributed by atoms with Crippen molar-refractivity contribution >= 4 is 22.9 Å². The van der Waals surface area contributed by atoms with E-state index in [-0.39, 0.29) is 25.5 Å². The van der Waals surface area contributed by atoms with E-state index in [0.717, 1.165) is 5.56 Å². The molecule has 0 aliphatic carbocycles. The number of rotatable bonds is 5. The predicted octanol–water partition coefficient (Wildman–Crippen LogP) is 4.97. The number of benzene rings is 2. The van der Waals surface area contributed by atoms with Crippen LogP contribution in [0.15, 0.2) is 42.5 Å². The number of carbonyl (C=O) groups excluding carboxylic acids is 1. The van der Waals surface area contributed by atoms with Crippen molar-refractivity contribution in [3.63, 3.8) is 0 Å². The van der Waals surface area contributed by atoms with Crippen LogP contribution >= 0.6 is 0 Å². The van der Waals surface area contributed by atoms with Crippen LogP contribution in [0.2, 0.25) is 0 Å². The minimum atomic E-state index is -4.78. The number of aliphatic hydroxyl groups is 1. The number of nitrogens with zero attached hydrogens (tertiary/aromatic N) is 2. The molecule has 30 heavy (non-hydrogen) atoms. The van der Waals surface area contributed by atoms with Crippen LogP contribution in [0.1, 0.15) is 33.3 Å². The monoisotopic (exact) mass is 423 g/mol. The van der Waals surface area contributed by atoms with Crippen LogP contribution in [0.5, 0.6) is 5.75 Å². The molecule has 0 saturated heterocycles. The third-order valence-electron chi connectivity index (χ3n) is 3.98. The van der Waals surface area contributed by atoms with Gasteiger partial charge in [0.25, 0.3) is 0 Å². The third kappa shape index (κ3) is 5.73. The molecule has 0 fully saturated rings. The summed E-state index contributed by atoms with van der Waals surface area (Å²) >= 11 is 0. The molecule has 162 valence electrons. The fourth-order valence-electron chi connectivity index (χ4n) is 2.89. The highest BCUT2D eigenvalue weighted by Gasteiger charge is 2.31. The van der Waals surface area contributed by atoms with Crippen LogP contribution in [0.3, 0.4) is 0 Å². The van der Waals surface area contributed by atoms with Gasteiger partial charge in [-0.3, -0.25) is 14.7 Å². The Balaban J connectivity index is 0.00000320. The van der Waals surface area contributed by atoms with Gasteiger partial charge in [-0.25, -0.2) is 4.98 Å². The lowest BCUT2D eigenvalue weighted by Crippen LogP contribution is -2.28. The van der Waals surface area contributed by atoms with Crippen molar-refractivity contribution in [1.82, 2.24) is 9.55 Å². The molecule has 9 heteroatoms. The van der Waals surface area contributed by atoms with Gasteiger partial charge in [0, 0.05) is 5.69 Å². The number of aromatic nitrogens is 2. The number of hydrogen-bond acceptors (Lipinski definition) is 4. The standard InChI is InChI=1S/C20H20F3N3O3.CH4/c1-12-4-9-15-16(10-12)26(18(24-15)25-17(27)11-19(2,3)28)13-5-7-14(8-6-13)29-20(21,22)23;/h4-10,28H,11H2,1-3H3,(H,24,25,27);1H4. The number of ether oxygens (including phenoxy) is 1. The summed E-state index contributed by atoms with van der Waals surface area (Å²) in [4.78, 5) is 16.7. The minimum absolute atomic E-state index is 0. The van der Waals surface area contributed by atoms with Crippen LogP contribution < -0.4 is 10.1 Å². The van der Waals surface area contributed by atoms with Crippen molar-refractivity contribution in [3.05, 3.63) is 48.0 Å². The molecule has 3 aromatic rings. The fourth-order valence-corrected chi connectivity index (χ4v) is 2.89. The van der Waals surface area contributed by atoms with Gasteiger partial charge in [0.15, 0.2) is 0 Å². The van der Waals surface area contributed by atoms with Gasteiger partial charge in [-0.1, -0.05) is 13.5 Å². The first-order valence-corrected chi connectivity index (χ1v) is 8.79. The molecule has 6 nitrogen and oxygen atoms in total. The first kappa shape index (κ1) is 23.2. The van der Waals surface area contributed by atoms with Crippen LogP contribution in [-0.4, -0.2) is 32.5 Å². The molecule has 0 aliphatic rings. The van der Waals surface area contributed by atoms with Crippen molar-refractivity contribution in [2.75, 3.05) is 5.32 Å². The topological polar surface area (TPSA) is 76.4 Å². The van der Waals surface area contributed by atoms with Crippen LogP contribution in [-0.2, 0) is 4.79 Å². The average molecular weight is 423 g/mol.